The topological polar surface area (TPSA) is 43.8 Å². The van der Waals surface area contributed by atoms with Crippen LogP contribution in [-0.4, -0.2) is 9.55 Å². The van der Waals surface area contributed by atoms with Gasteiger partial charge in [-0.25, -0.2) is 4.98 Å². The number of nitrogens with two attached hydrogens (primary N) is 1. The van der Waals surface area contributed by atoms with Crippen molar-refractivity contribution in [3.05, 3.63) is 18.2 Å². The summed E-state index contributed by atoms with van der Waals surface area (Å²) in [6.07, 6.45) is 12.3. The van der Waals surface area contributed by atoms with E-state index >= 15 is 0 Å². The number of rotatable bonds is 2. The zero-order chi connectivity index (χ0) is 13.3. The van der Waals surface area contributed by atoms with Crippen LogP contribution in [0.25, 0.3) is 0 Å². The molecule has 4 saturated carbocycles. The third-order valence-corrected chi connectivity index (χ3v) is 6.20. The van der Waals surface area contributed by atoms with E-state index in [1.807, 2.05) is 12.4 Å². The van der Waals surface area contributed by atoms with Gasteiger partial charge in [-0.2, -0.15) is 0 Å². The fourth-order valence-corrected chi connectivity index (χ4v) is 6.11. The quantitative estimate of drug-likeness (QED) is 0.887. The zero-order valence-electron chi connectivity index (χ0n) is 12.1. The summed E-state index contributed by atoms with van der Waals surface area (Å²) in [5.41, 5.74) is 7.61. The van der Waals surface area contributed by atoms with Crippen LogP contribution in [0.1, 0.15) is 57.3 Å². The van der Waals surface area contributed by atoms with Gasteiger partial charge >= 0.3 is 0 Å². The highest BCUT2D eigenvalue weighted by molar-refractivity contribution is 5.14. The third-order valence-electron chi connectivity index (χ3n) is 6.20. The molecule has 1 aromatic heterocycles. The first-order valence-electron chi connectivity index (χ1n) is 7.73. The second-order valence-corrected chi connectivity index (χ2v) is 8.01. The third kappa shape index (κ3) is 1.63. The summed E-state index contributed by atoms with van der Waals surface area (Å²) >= 11 is 0. The zero-order valence-corrected chi connectivity index (χ0v) is 12.1. The summed E-state index contributed by atoms with van der Waals surface area (Å²) < 4.78 is 2.12. The molecular weight excluding hydrogens is 234 g/mol. The van der Waals surface area contributed by atoms with E-state index in [0.717, 1.165) is 17.7 Å². The minimum absolute atomic E-state index is 0.123. The van der Waals surface area contributed by atoms with Crippen molar-refractivity contribution in [1.29, 1.82) is 0 Å². The molecule has 3 atom stereocenters. The van der Waals surface area contributed by atoms with Gasteiger partial charge in [0.25, 0.3) is 0 Å². The van der Waals surface area contributed by atoms with Crippen LogP contribution in [-0.2, 0) is 7.05 Å². The standard InChI is InChI=1S/C16H25N3/c1-15-6-11-5-12(7-15)9-16(8-11,10-15)13(17)14-18-3-4-19(14)2/h3-4,11-13H,5-10,17H2,1-2H3. The van der Waals surface area contributed by atoms with Crippen molar-refractivity contribution in [2.24, 2.45) is 35.4 Å². The lowest BCUT2D eigenvalue weighted by atomic mass is 9.43. The molecular formula is C16H25N3. The lowest BCUT2D eigenvalue weighted by Crippen LogP contribution is -2.54. The van der Waals surface area contributed by atoms with Crippen LogP contribution in [0.15, 0.2) is 12.4 Å². The summed E-state index contributed by atoms with van der Waals surface area (Å²) in [6.45, 7) is 2.50. The lowest BCUT2D eigenvalue weighted by molar-refractivity contribution is -0.115. The molecule has 4 aliphatic carbocycles. The average molecular weight is 259 g/mol. The number of nitrogens with zero attached hydrogens (tertiary/aromatic N) is 2. The maximum absolute atomic E-state index is 6.71. The van der Waals surface area contributed by atoms with Gasteiger partial charge in [-0.1, -0.05) is 6.92 Å². The van der Waals surface area contributed by atoms with Gasteiger partial charge in [0.05, 0.1) is 6.04 Å². The first kappa shape index (κ1) is 12.0. The minimum atomic E-state index is 0.123. The second-order valence-electron chi connectivity index (χ2n) is 8.01. The molecule has 19 heavy (non-hydrogen) atoms. The Morgan fingerprint density at radius 2 is 2.00 bits per heavy atom. The van der Waals surface area contributed by atoms with Gasteiger partial charge in [0.2, 0.25) is 0 Å². The van der Waals surface area contributed by atoms with Crippen LogP contribution < -0.4 is 5.73 Å². The van der Waals surface area contributed by atoms with E-state index in [9.17, 15) is 0 Å². The summed E-state index contributed by atoms with van der Waals surface area (Å²) in [6, 6.07) is 0.123. The fraction of sp³-hybridized carbons (Fsp3) is 0.812. The molecule has 1 aromatic rings. The Morgan fingerprint density at radius 1 is 1.32 bits per heavy atom. The maximum atomic E-state index is 6.71. The van der Waals surface area contributed by atoms with Crippen molar-refractivity contribution in [3.63, 3.8) is 0 Å². The molecule has 0 aromatic carbocycles. The number of hydrogen-bond acceptors (Lipinski definition) is 2. The number of imidazole rings is 1. The highest BCUT2D eigenvalue weighted by Gasteiger charge is 2.58. The van der Waals surface area contributed by atoms with E-state index in [-0.39, 0.29) is 6.04 Å². The Kier molecular flexibility index (Phi) is 2.28. The van der Waals surface area contributed by atoms with Crippen LogP contribution in [0.4, 0.5) is 0 Å². The van der Waals surface area contributed by atoms with E-state index in [0.29, 0.717) is 10.8 Å². The molecule has 0 radical (unpaired) electrons. The number of aromatic nitrogens is 2. The maximum Gasteiger partial charge on any atom is 0.125 e. The predicted octanol–water partition coefficient (Wildman–Crippen LogP) is 3.03. The Morgan fingerprint density at radius 3 is 2.53 bits per heavy atom. The van der Waals surface area contributed by atoms with Crippen molar-refractivity contribution in [2.45, 2.75) is 51.5 Å². The van der Waals surface area contributed by atoms with Crippen molar-refractivity contribution in [1.82, 2.24) is 9.55 Å². The second kappa shape index (κ2) is 3.63. The molecule has 0 saturated heterocycles. The van der Waals surface area contributed by atoms with Gasteiger partial charge in [-0.15, -0.1) is 0 Å². The van der Waals surface area contributed by atoms with Gasteiger partial charge in [-0.3, -0.25) is 0 Å². The molecule has 4 bridgehead atoms. The summed E-state index contributed by atoms with van der Waals surface area (Å²) in [5.74, 6) is 2.95. The highest BCUT2D eigenvalue weighted by Crippen LogP contribution is 2.67. The minimum Gasteiger partial charge on any atom is -0.337 e. The molecule has 104 valence electrons. The molecule has 3 unspecified atom stereocenters. The summed E-state index contributed by atoms with van der Waals surface area (Å²) in [7, 11) is 2.07. The molecule has 0 amide bonds. The smallest absolute Gasteiger partial charge is 0.125 e. The first-order valence-corrected chi connectivity index (χ1v) is 7.73. The molecule has 4 aliphatic rings. The van der Waals surface area contributed by atoms with E-state index in [1.54, 1.807) is 0 Å². The normalized spacial score (nSPS) is 45.6. The van der Waals surface area contributed by atoms with Crippen LogP contribution >= 0.6 is 0 Å². The average Bonchev–Trinajstić information content (AvgIpc) is 2.71. The molecule has 5 rings (SSSR count). The highest BCUT2D eigenvalue weighted by atomic mass is 15.1. The van der Waals surface area contributed by atoms with Crippen molar-refractivity contribution < 1.29 is 0 Å². The molecule has 4 fully saturated rings. The van der Waals surface area contributed by atoms with E-state index < -0.39 is 0 Å². The Balaban J connectivity index is 1.72. The molecule has 0 aliphatic heterocycles. The SMILES string of the molecule is Cn1ccnc1C(N)C12CC3CC(CC(C)(C3)C1)C2. The van der Waals surface area contributed by atoms with Crippen LogP contribution in [0.5, 0.6) is 0 Å². The Hall–Kier alpha value is -0.830. The van der Waals surface area contributed by atoms with Crippen molar-refractivity contribution in [3.8, 4) is 0 Å². The lowest BCUT2D eigenvalue weighted by Gasteiger charge is -2.62. The Bertz CT molecular complexity index is 490. The monoisotopic (exact) mass is 259 g/mol. The first-order chi connectivity index (χ1) is 9.00. The molecule has 1 heterocycles. The van der Waals surface area contributed by atoms with Crippen LogP contribution in [0, 0.1) is 22.7 Å². The van der Waals surface area contributed by atoms with Gasteiger partial charge in [0.15, 0.2) is 0 Å². The van der Waals surface area contributed by atoms with Crippen molar-refractivity contribution in [2.75, 3.05) is 0 Å². The van der Waals surface area contributed by atoms with Crippen molar-refractivity contribution >= 4 is 0 Å². The molecule has 0 spiro atoms. The van der Waals surface area contributed by atoms with Gasteiger partial charge in [0, 0.05) is 19.4 Å². The Labute approximate surface area is 115 Å². The largest absolute Gasteiger partial charge is 0.337 e. The molecule has 2 N–H and O–H groups in total. The molecule has 3 nitrogen and oxygen atoms in total. The fourth-order valence-electron chi connectivity index (χ4n) is 6.11. The summed E-state index contributed by atoms with van der Waals surface area (Å²) in [5, 5.41) is 0. The van der Waals surface area contributed by atoms with E-state index in [2.05, 4.69) is 23.5 Å². The summed E-state index contributed by atoms with van der Waals surface area (Å²) in [4.78, 5) is 4.53. The van der Waals surface area contributed by atoms with E-state index in [4.69, 9.17) is 5.73 Å². The van der Waals surface area contributed by atoms with Gasteiger partial charge < -0.3 is 10.3 Å². The number of aryl methyl sites for hydroxylation is 1. The number of hydrogen-bond donors (Lipinski definition) is 1. The van der Waals surface area contributed by atoms with Gasteiger partial charge in [0.1, 0.15) is 5.82 Å². The molecule has 3 heteroatoms. The van der Waals surface area contributed by atoms with Crippen LogP contribution in [0.2, 0.25) is 0 Å². The van der Waals surface area contributed by atoms with Gasteiger partial charge in [-0.05, 0) is 61.2 Å². The predicted molar refractivity (Wildman–Crippen MR) is 75.4 cm³/mol. The van der Waals surface area contributed by atoms with E-state index in [1.165, 1.54) is 38.5 Å². The van der Waals surface area contributed by atoms with Crippen LogP contribution in [0.3, 0.4) is 0 Å².